The number of likely N-dealkylation sites (tertiary alicyclic amines) is 1. The van der Waals surface area contributed by atoms with Crippen LogP contribution >= 0.6 is 0 Å². The minimum absolute atomic E-state index is 0.139. The molecular formula is C22H34N2O2. The molecule has 1 aliphatic carbocycles. The van der Waals surface area contributed by atoms with Crippen LogP contribution in [0.25, 0.3) is 0 Å². The molecule has 0 spiro atoms. The van der Waals surface area contributed by atoms with E-state index in [2.05, 4.69) is 10.2 Å². The minimum atomic E-state index is 0.139. The molecule has 0 aromatic heterocycles. The molecule has 1 N–H and O–H groups in total. The SMILES string of the molecule is CCOc1ccc(CC(=O)NC2CCN(CC3CCCCC3)CC2)cc1. The van der Waals surface area contributed by atoms with E-state index in [-0.39, 0.29) is 5.91 Å². The van der Waals surface area contributed by atoms with Gasteiger partial charge in [-0.3, -0.25) is 4.79 Å². The maximum atomic E-state index is 12.3. The molecule has 144 valence electrons. The Kier molecular flexibility index (Phi) is 7.36. The van der Waals surface area contributed by atoms with Gasteiger partial charge < -0.3 is 15.0 Å². The third-order valence-electron chi connectivity index (χ3n) is 5.79. The summed E-state index contributed by atoms with van der Waals surface area (Å²) in [5.74, 6) is 1.91. The summed E-state index contributed by atoms with van der Waals surface area (Å²) in [6.45, 7) is 6.17. The van der Waals surface area contributed by atoms with Crippen LogP contribution < -0.4 is 10.1 Å². The lowest BCUT2D eigenvalue weighted by Crippen LogP contribution is -2.46. The highest BCUT2D eigenvalue weighted by Gasteiger charge is 2.23. The fraction of sp³-hybridized carbons (Fsp3) is 0.682. The van der Waals surface area contributed by atoms with Crippen LogP contribution in [0.3, 0.4) is 0 Å². The Hall–Kier alpha value is -1.55. The Labute approximate surface area is 158 Å². The molecule has 0 radical (unpaired) electrons. The van der Waals surface area contributed by atoms with Crippen molar-refractivity contribution in [2.24, 2.45) is 5.92 Å². The Balaban J connectivity index is 1.36. The molecule has 1 aliphatic heterocycles. The Morgan fingerprint density at radius 2 is 1.77 bits per heavy atom. The number of benzene rings is 1. The largest absolute Gasteiger partial charge is 0.494 e. The number of carbonyl (C=O) groups excluding carboxylic acids is 1. The lowest BCUT2D eigenvalue weighted by Gasteiger charge is -2.35. The monoisotopic (exact) mass is 358 g/mol. The first kappa shape index (κ1) is 19.2. The van der Waals surface area contributed by atoms with Crippen molar-refractivity contribution in [2.75, 3.05) is 26.2 Å². The maximum Gasteiger partial charge on any atom is 0.224 e. The second kappa shape index (κ2) is 9.96. The van der Waals surface area contributed by atoms with Gasteiger partial charge in [0.25, 0.3) is 0 Å². The second-order valence-corrected chi connectivity index (χ2v) is 7.90. The Bertz CT molecular complexity index is 544. The number of rotatable bonds is 7. The van der Waals surface area contributed by atoms with E-state index < -0.39 is 0 Å². The van der Waals surface area contributed by atoms with Crippen LogP contribution in [0.4, 0.5) is 0 Å². The third kappa shape index (κ3) is 6.01. The van der Waals surface area contributed by atoms with Crippen LogP contribution in [0.5, 0.6) is 5.75 Å². The predicted octanol–water partition coefficient (Wildman–Crippen LogP) is 3.79. The number of carbonyl (C=O) groups is 1. The molecule has 1 saturated carbocycles. The zero-order valence-electron chi connectivity index (χ0n) is 16.2. The van der Waals surface area contributed by atoms with E-state index in [1.807, 2.05) is 31.2 Å². The first-order valence-corrected chi connectivity index (χ1v) is 10.5. The van der Waals surface area contributed by atoms with E-state index in [1.54, 1.807) is 0 Å². The van der Waals surface area contributed by atoms with E-state index in [1.165, 1.54) is 38.6 Å². The van der Waals surface area contributed by atoms with Gasteiger partial charge in [0.05, 0.1) is 13.0 Å². The lowest BCUT2D eigenvalue weighted by atomic mass is 9.88. The Morgan fingerprint density at radius 1 is 1.08 bits per heavy atom. The van der Waals surface area contributed by atoms with Crippen molar-refractivity contribution < 1.29 is 9.53 Å². The molecule has 2 fully saturated rings. The predicted molar refractivity (Wildman–Crippen MR) is 105 cm³/mol. The normalized spacial score (nSPS) is 20.0. The summed E-state index contributed by atoms with van der Waals surface area (Å²) in [6, 6.07) is 8.19. The molecule has 1 aromatic carbocycles. The number of hydrogen-bond donors (Lipinski definition) is 1. The lowest BCUT2D eigenvalue weighted by molar-refractivity contribution is -0.121. The van der Waals surface area contributed by atoms with Gasteiger partial charge in [0.1, 0.15) is 5.75 Å². The average molecular weight is 359 g/mol. The van der Waals surface area contributed by atoms with Gasteiger partial charge in [0, 0.05) is 25.7 Å². The molecule has 1 heterocycles. The van der Waals surface area contributed by atoms with Crippen LogP contribution in [0.1, 0.15) is 57.4 Å². The summed E-state index contributed by atoms with van der Waals surface area (Å²) < 4.78 is 5.45. The van der Waals surface area contributed by atoms with Crippen LogP contribution in [0.15, 0.2) is 24.3 Å². The van der Waals surface area contributed by atoms with Crippen LogP contribution in [0, 0.1) is 5.92 Å². The van der Waals surface area contributed by atoms with Gasteiger partial charge in [-0.2, -0.15) is 0 Å². The summed E-state index contributed by atoms with van der Waals surface area (Å²) in [5.41, 5.74) is 1.04. The van der Waals surface area contributed by atoms with Gasteiger partial charge in [-0.1, -0.05) is 31.4 Å². The summed E-state index contributed by atoms with van der Waals surface area (Å²) in [4.78, 5) is 14.9. The molecule has 26 heavy (non-hydrogen) atoms. The molecule has 1 saturated heterocycles. The van der Waals surface area contributed by atoms with E-state index in [9.17, 15) is 4.79 Å². The number of hydrogen-bond acceptors (Lipinski definition) is 3. The van der Waals surface area contributed by atoms with E-state index in [0.717, 1.165) is 43.2 Å². The number of nitrogens with zero attached hydrogens (tertiary/aromatic N) is 1. The highest BCUT2D eigenvalue weighted by Crippen LogP contribution is 2.25. The van der Waals surface area contributed by atoms with Crippen molar-refractivity contribution in [1.29, 1.82) is 0 Å². The molecule has 4 heteroatoms. The van der Waals surface area contributed by atoms with E-state index in [4.69, 9.17) is 4.74 Å². The number of amides is 1. The summed E-state index contributed by atoms with van der Waals surface area (Å²) in [7, 11) is 0. The molecular weight excluding hydrogens is 324 g/mol. The molecule has 4 nitrogen and oxygen atoms in total. The number of nitrogens with one attached hydrogen (secondary N) is 1. The van der Waals surface area contributed by atoms with Gasteiger partial charge in [-0.25, -0.2) is 0 Å². The number of piperidine rings is 1. The van der Waals surface area contributed by atoms with Gasteiger partial charge in [0.15, 0.2) is 0 Å². The van der Waals surface area contributed by atoms with Gasteiger partial charge in [-0.15, -0.1) is 0 Å². The smallest absolute Gasteiger partial charge is 0.224 e. The van der Waals surface area contributed by atoms with Crippen LogP contribution in [-0.2, 0) is 11.2 Å². The van der Waals surface area contributed by atoms with Crippen molar-refractivity contribution in [1.82, 2.24) is 10.2 Å². The first-order valence-electron chi connectivity index (χ1n) is 10.5. The van der Waals surface area contributed by atoms with Crippen molar-refractivity contribution in [3.63, 3.8) is 0 Å². The molecule has 2 aliphatic rings. The zero-order chi connectivity index (χ0) is 18.2. The highest BCUT2D eigenvalue weighted by atomic mass is 16.5. The van der Waals surface area contributed by atoms with Crippen molar-refractivity contribution in [3.8, 4) is 5.75 Å². The maximum absolute atomic E-state index is 12.3. The molecule has 3 rings (SSSR count). The van der Waals surface area contributed by atoms with E-state index in [0.29, 0.717) is 19.1 Å². The van der Waals surface area contributed by atoms with Crippen LogP contribution in [0.2, 0.25) is 0 Å². The summed E-state index contributed by atoms with van der Waals surface area (Å²) in [5, 5.41) is 3.23. The number of ether oxygens (including phenoxy) is 1. The van der Waals surface area contributed by atoms with Crippen molar-refractivity contribution >= 4 is 5.91 Å². The minimum Gasteiger partial charge on any atom is -0.494 e. The van der Waals surface area contributed by atoms with E-state index >= 15 is 0 Å². The first-order chi connectivity index (χ1) is 12.7. The van der Waals surface area contributed by atoms with Crippen LogP contribution in [-0.4, -0.2) is 43.1 Å². The molecule has 1 aromatic rings. The quantitative estimate of drug-likeness (QED) is 0.806. The fourth-order valence-corrected chi connectivity index (χ4v) is 4.33. The van der Waals surface area contributed by atoms with Crippen molar-refractivity contribution in [2.45, 2.75) is 64.3 Å². The second-order valence-electron chi connectivity index (χ2n) is 7.90. The van der Waals surface area contributed by atoms with Gasteiger partial charge >= 0.3 is 0 Å². The fourth-order valence-electron chi connectivity index (χ4n) is 4.33. The standard InChI is InChI=1S/C22H34N2O2/c1-2-26-21-10-8-18(9-11-21)16-22(25)23-20-12-14-24(15-13-20)17-19-6-4-3-5-7-19/h8-11,19-20H,2-7,12-17H2,1H3,(H,23,25). The van der Waals surface area contributed by atoms with Gasteiger partial charge in [0.2, 0.25) is 5.91 Å². The molecule has 1 amide bonds. The zero-order valence-corrected chi connectivity index (χ0v) is 16.2. The summed E-state index contributed by atoms with van der Waals surface area (Å²) in [6.07, 6.45) is 9.72. The molecule has 0 bridgehead atoms. The molecule has 0 unspecified atom stereocenters. The topological polar surface area (TPSA) is 41.6 Å². The third-order valence-corrected chi connectivity index (χ3v) is 5.79. The molecule has 0 atom stereocenters. The van der Waals surface area contributed by atoms with Gasteiger partial charge in [-0.05, 0) is 56.2 Å². The summed E-state index contributed by atoms with van der Waals surface area (Å²) >= 11 is 0. The highest BCUT2D eigenvalue weighted by molar-refractivity contribution is 5.78. The van der Waals surface area contributed by atoms with Crippen molar-refractivity contribution in [3.05, 3.63) is 29.8 Å². The average Bonchev–Trinajstić information content (AvgIpc) is 2.66. The Morgan fingerprint density at radius 3 is 2.42 bits per heavy atom.